The Hall–Kier alpha value is -2.09. The molecule has 160 valence electrons. The van der Waals surface area contributed by atoms with Crippen LogP contribution >= 0.6 is 23.2 Å². The van der Waals surface area contributed by atoms with Crippen LogP contribution in [0.5, 0.6) is 0 Å². The summed E-state index contributed by atoms with van der Waals surface area (Å²) in [4.78, 5) is 24.8. The van der Waals surface area contributed by atoms with Gasteiger partial charge in [0.2, 0.25) is 5.91 Å². The van der Waals surface area contributed by atoms with Crippen LogP contribution in [-0.4, -0.2) is 26.5 Å². The predicted octanol–water partition coefficient (Wildman–Crippen LogP) is 5.17. The molecule has 1 saturated carbocycles. The minimum absolute atomic E-state index is 0.0863. The van der Waals surface area contributed by atoms with Crippen LogP contribution in [0.2, 0.25) is 10.0 Å². The van der Waals surface area contributed by atoms with E-state index in [4.69, 9.17) is 23.2 Å². The molecule has 2 amide bonds. The van der Waals surface area contributed by atoms with Crippen LogP contribution in [0, 0.1) is 5.92 Å². The van der Waals surface area contributed by atoms with E-state index in [0.717, 1.165) is 19.1 Å². The Morgan fingerprint density at radius 3 is 2.10 bits per heavy atom. The van der Waals surface area contributed by atoms with Crippen molar-refractivity contribution in [1.29, 1.82) is 0 Å². The van der Waals surface area contributed by atoms with Crippen LogP contribution in [0.1, 0.15) is 42.5 Å². The molecule has 3 rings (SSSR count). The topological polar surface area (TPSA) is 92.3 Å². The molecule has 6 nitrogen and oxygen atoms in total. The van der Waals surface area contributed by atoms with Crippen LogP contribution in [0.25, 0.3) is 0 Å². The Morgan fingerprint density at radius 1 is 1.00 bits per heavy atom. The molecule has 0 unspecified atom stereocenters. The first-order valence-corrected chi connectivity index (χ1v) is 12.2. The lowest BCUT2D eigenvalue weighted by Gasteiger charge is -2.14. The molecule has 0 bridgehead atoms. The molecule has 0 atom stereocenters. The molecule has 30 heavy (non-hydrogen) atoms. The van der Waals surface area contributed by atoms with Gasteiger partial charge < -0.3 is 10.6 Å². The first-order valence-electron chi connectivity index (χ1n) is 9.54. The second-order valence-electron chi connectivity index (χ2n) is 7.47. The number of hydrogen-bond donors (Lipinski definition) is 2. The summed E-state index contributed by atoms with van der Waals surface area (Å²) in [5, 5.41) is 5.79. The number of halogens is 2. The fourth-order valence-electron chi connectivity index (χ4n) is 3.49. The van der Waals surface area contributed by atoms with E-state index in [2.05, 4.69) is 10.6 Å². The van der Waals surface area contributed by atoms with E-state index < -0.39 is 15.7 Å². The summed E-state index contributed by atoms with van der Waals surface area (Å²) >= 11 is 12.6. The molecule has 0 aliphatic heterocycles. The first kappa shape index (κ1) is 22.6. The smallest absolute Gasteiger partial charge is 0.255 e. The molecule has 9 heteroatoms. The van der Waals surface area contributed by atoms with Crippen LogP contribution in [0.4, 0.5) is 11.4 Å². The van der Waals surface area contributed by atoms with Gasteiger partial charge in [0.25, 0.3) is 5.91 Å². The SMILES string of the molecule is CS(=O)(=O)c1ccc(C(=O)Nc2c(Cl)cc(NC(=O)CC3CCCC3)cc2Cl)cc1. The Bertz CT molecular complexity index is 1040. The second kappa shape index (κ2) is 9.37. The number of rotatable bonds is 6. The number of amides is 2. The van der Waals surface area contributed by atoms with Gasteiger partial charge in [-0.05, 0) is 55.2 Å². The van der Waals surface area contributed by atoms with Gasteiger partial charge in [-0.3, -0.25) is 9.59 Å². The molecule has 2 aromatic carbocycles. The number of carbonyl (C=O) groups excluding carboxylic acids is 2. The van der Waals surface area contributed by atoms with Crippen molar-refractivity contribution in [2.75, 3.05) is 16.9 Å². The molecule has 0 spiro atoms. The van der Waals surface area contributed by atoms with Gasteiger partial charge in [0, 0.05) is 23.9 Å². The van der Waals surface area contributed by atoms with Gasteiger partial charge in [-0.2, -0.15) is 0 Å². The fraction of sp³-hybridized carbons (Fsp3) is 0.333. The Kier molecular flexibility index (Phi) is 7.06. The number of sulfone groups is 1. The van der Waals surface area contributed by atoms with Crippen LogP contribution in [-0.2, 0) is 14.6 Å². The van der Waals surface area contributed by atoms with Gasteiger partial charge in [0.15, 0.2) is 9.84 Å². The highest BCUT2D eigenvalue weighted by molar-refractivity contribution is 7.90. The number of nitrogens with one attached hydrogen (secondary N) is 2. The normalized spacial score (nSPS) is 14.5. The average molecular weight is 469 g/mol. The van der Waals surface area contributed by atoms with Crippen molar-refractivity contribution < 1.29 is 18.0 Å². The summed E-state index contributed by atoms with van der Waals surface area (Å²) in [5.74, 6) is -0.155. The lowest BCUT2D eigenvalue weighted by molar-refractivity contribution is -0.117. The molecular weight excluding hydrogens is 447 g/mol. The second-order valence-corrected chi connectivity index (χ2v) is 10.3. The van der Waals surface area contributed by atoms with Crippen LogP contribution in [0.3, 0.4) is 0 Å². The Morgan fingerprint density at radius 2 is 1.57 bits per heavy atom. The van der Waals surface area contributed by atoms with Gasteiger partial charge >= 0.3 is 0 Å². The third-order valence-corrected chi connectivity index (χ3v) is 6.78. The fourth-order valence-corrected chi connectivity index (χ4v) is 4.70. The van der Waals surface area contributed by atoms with Crippen molar-refractivity contribution in [3.05, 3.63) is 52.0 Å². The zero-order chi connectivity index (χ0) is 21.9. The zero-order valence-electron chi connectivity index (χ0n) is 16.4. The van der Waals surface area contributed by atoms with E-state index in [0.29, 0.717) is 18.0 Å². The number of benzene rings is 2. The van der Waals surface area contributed by atoms with Gasteiger partial charge in [-0.25, -0.2) is 8.42 Å². The molecule has 0 aromatic heterocycles. The van der Waals surface area contributed by atoms with Crippen LogP contribution < -0.4 is 10.6 Å². The maximum absolute atomic E-state index is 12.5. The monoisotopic (exact) mass is 468 g/mol. The van der Waals surface area contributed by atoms with Gasteiger partial charge in [0.05, 0.1) is 20.6 Å². The van der Waals surface area contributed by atoms with Gasteiger partial charge in [0.1, 0.15) is 0 Å². The maximum Gasteiger partial charge on any atom is 0.255 e. The standard InChI is InChI=1S/C21H22Cl2N2O4S/c1-30(28,29)16-8-6-14(7-9-16)21(27)25-20-17(22)11-15(12-18(20)23)24-19(26)10-13-4-2-3-5-13/h6-9,11-13H,2-5,10H2,1H3,(H,24,26)(H,25,27). The molecule has 0 heterocycles. The third-order valence-electron chi connectivity index (χ3n) is 5.06. The average Bonchev–Trinajstić information content (AvgIpc) is 3.16. The van der Waals surface area contributed by atoms with E-state index in [9.17, 15) is 18.0 Å². The maximum atomic E-state index is 12.5. The minimum Gasteiger partial charge on any atom is -0.326 e. The highest BCUT2D eigenvalue weighted by Gasteiger charge is 2.19. The van der Waals surface area contributed by atoms with E-state index in [1.54, 1.807) is 0 Å². The number of carbonyl (C=O) groups is 2. The van der Waals surface area contributed by atoms with Gasteiger partial charge in [-0.1, -0.05) is 36.0 Å². The van der Waals surface area contributed by atoms with Crippen molar-refractivity contribution in [1.82, 2.24) is 0 Å². The van der Waals surface area contributed by atoms with E-state index in [-0.39, 0.29) is 32.1 Å². The molecule has 0 radical (unpaired) electrons. The predicted molar refractivity (Wildman–Crippen MR) is 119 cm³/mol. The molecule has 2 aromatic rings. The molecule has 0 saturated heterocycles. The molecule has 1 aliphatic rings. The summed E-state index contributed by atoms with van der Waals surface area (Å²) in [6.07, 6.45) is 6.05. The van der Waals surface area contributed by atoms with Crippen molar-refractivity contribution in [3.8, 4) is 0 Å². The van der Waals surface area contributed by atoms with E-state index in [1.807, 2.05) is 0 Å². The van der Waals surface area contributed by atoms with Crippen molar-refractivity contribution in [2.45, 2.75) is 37.0 Å². The quantitative estimate of drug-likeness (QED) is 0.611. The lowest BCUT2D eigenvalue weighted by Crippen LogP contribution is -2.16. The summed E-state index contributed by atoms with van der Waals surface area (Å²) < 4.78 is 23.1. The number of anilines is 2. The highest BCUT2D eigenvalue weighted by atomic mass is 35.5. The lowest BCUT2D eigenvalue weighted by atomic mass is 10.0. The molecule has 1 fully saturated rings. The highest BCUT2D eigenvalue weighted by Crippen LogP contribution is 2.35. The summed E-state index contributed by atoms with van der Waals surface area (Å²) in [6, 6.07) is 8.59. The Labute approximate surface area is 185 Å². The third kappa shape index (κ3) is 5.74. The van der Waals surface area contributed by atoms with Crippen molar-refractivity contribution >= 4 is 56.2 Å². The minimum atomic E-state index is -3.35. The van der Waals surface area contributed by atoms with Gasteiger partial charge in [-0.15, -0.1) is 0 Å². The van der Waals surface area contributed by atoms with Crippen molar-refractivity contribution in [2.24, 2.45) is 5.92 Å². The Balaban J connectivity index is 1.69. The molecule has 2 N–H and O–H groups in total. The molecule has 1 aliphatic carbocycles. The van der Waals surface area contributed by atoms with E-state index in [1.165, 1.54) is 49.2 Å². The largest absolute Gasteiger partial charge is 0.326 e. The summed E-state index contributed by atoms with van der Waals surface area (Å²) in [7, 11) is -3.35. The van der Waals surface area contributed by atoms with E-state index >= 15 is 0 Å². The van der Waals surface area contributed by atoms with Crippen molar-refractivity contribution in [3.63, 3.8) is 0 Å². The van der Waals surface area contributed by atoms with Crippen LogP contribution in [0.15, 0.2) is 41.3 Å². The first-order chi connectivity index (χ1) is 14.1. The zero-order valence-corrected chi connectivity index (χ0v) is 18.7. The summed E-state index contributed by atoms with van der Waals surface area (Å²) in [5.41, 5.74) is 0.927. The number of hydrogen-bond acceptors (Lipinski definition) is 4. The summed E-state index contributed by atoms with van der Waals surface area (Å²) in [6.45, 7) is 0. The molecular formula is C21H22Cl2N2O4S.